The van der Waals surface area contributed by atoms with E-state index in [4.69, 9.17) is 9.47 Å². The molecule has 2 heterocycles. The fourth-order valence-electron chi connectivity index (χ4n) is 1.80. The Labute approximate surface area is 136 Å². The maximum atomic E-state index is 11.7. The van der Waals surface area contributed by atoms with E-state index in [1.54, 1.807) is 13.8 Å². The van der Waals surface area contributed by atoms with Gasteiger partial charge in [0.15, 0.2) is 0 Å². The molecule has 24 heavy (non-hydrogen) atoms. The second-order valence-electron chi connectivity index (χ2n) is 5.00. The Morgan fingerprint density at radius 1 is 0.917 bits per heavy atom. The van der Waals surface area contributed by atoms with Crippen molar-refractivity contribution >= 4 is 24.2 Å². The maximum Gasteiger partial charge on any atom is 0.509 e. The third-order valence-electron chi connectivity index (χ3n) is 2.97. The monoisotopic (exact) mass is 344 g/mol. The minimum absolute atomic E-state index is 0.190. The van der Waals surface area contributed by atoms with Crippen molar-refractivity contribution in [3.05, 3.63) is 12.2 Å². The molecule has 0 aromatic heterocycles. The molecular formula is C14H16O10. The van der Waals surface area contributed by atoms with Gasteiger partial charge >= 0.3 is 24.2 Å². The van der Waals surface area contributed by atoms with E-state index in [9.17, 15) is 19.2 Å². The summed E-state index contributed by atoms with van der Waals surface area (Å²) >= 11 is 0. The second-order valence-corrected chi connectivity index (χ2v) is 5.00. The number of esters is 2. The summed E-state index contributed by atoms with van der Waals surface area (Å²) in [6.07, 6.45) is -2.32. The van der Waals surface area contributed by atoms with Crippen molar-refractivity contribution in [1.29, 1.82) is 0 Å². The molecule has 2 fully saturated rings. The van der Waals surface area contributed by atoms with Gasteiger partial charge in [-0.15, -0.1) is 0 Å². The zero-order valence-electron chi connectivity index (χ0n) is 13.0. The quantitative estimate of drug-likeness (QED) is 0.381. The molecule has 0 spiro atoms. The average molecular weight is 344 g/mol. The lowest BCUT2D eigenvalue weighted by Gasteiger charge is -2.14. The van der Waals surface area contributed by atoms with Crippen LogP contribution in [0.2, 0.25) is 0 Å². The van der Waals surface area contributed by atoms with Gasteiger partial charge in [-0.2, -0.15) is 0 Å². The molecule has 2 rings (SSSR count). The van der Waals surface area contributed by atoms with Crippen LogP contribution in [0.3, 0.4) is 0 Å². The highest BCUT2D eigenvalue weighted by Gasteiger charge is 2.34. The molecule has 0 amide bonds. The number of carbonyl (C=O) groups excluding carboxylic acids is 4. The molecule has 132 valence electrons. The number of ether oxygens (including phenoxy) is 6. The summed E-state index contributed by atoms with van der Waals surface area (Å²) in [4.78, 5) is 44.8. The zero-order valence-corrected chi connectivity index (χ0v) is 13.0. The molecule has 2 aliphatic rings. The predicted molar refractivity (Wildman–Crippen MR) is 72.7 cm³/mol. The van der Waals surface area contributed by atoms with Crippen LogP contribution in [0, 0.1) is 0 Å². The van der Waals surface area contributed by atoms with Gasteiger partial charge in [0.2, 0.25) is 12.2 Å². The fourth-order valence-corrected chi connectivity index (χ4v) is 1.80. The van der Waals surface area contributed by atoms with Crippen LogP contribution in [-0.2, 0) is 38.0 Å². The summed E-state index contributed by atoms with van der Waals surface area (Å²) in [7, 11) is 0. The SMILES string of the molecule is CC(/C=C/C(C)OC(=O)C1COC(=O)O1)OC(=O)C1COC(=O)O1. The van der Waals surface area contributed by atoms with Crippen molar-refractivity contribution in [2.45, 2.75) is 38.3 Å². The van der Waals surface area contributed by atoms with Gasteiger partial charge < -0.3 is 28.4 Å². The van der Waals surface area contributed by atoms with E-state index in [0.717, 1.165) is 0 Å². The minimum atomic E-state index is -1.08. The van der Waals surface area contributed by atoms with Crippen LogP contribution >= 0.6 is 0 Å². The van der Waals surface area contributed by atoms with E-state index in [1.807, 2.05) is 0 Å². The molecule has 0 N–H and O–H groups in total. The summed E-state index contributed by atoms with van der Waals surface area (Å²) in [5.41, 5.74) is 0. The number of rotatable bonds is 6. The van der Waals surface area contributed by atoms with Crippen molar-refractivity contribution in [1.82, 2.24) is 0 Å². The van der Waals surface area contributed by atoms with Crippen molar-refractivity contribution < 1.29 is 47.6 Å². The zero-order chi connectivity index (χ0) is 17.7. The molecular weight excluding hydrogens is 328 g/mol. The second kappa shape index (κ2) is 7.66. The first-order valence-corrected chi connectivity index (χ1v) is 7.11. The Balaban J connectivity index is 1.73. The standard InChI is InChI=1S/C14H16O10/c1-7(21-11(15)9-5-19-13(17)23-9)3-4-8(2)22-12(16)10-6-20-14(18)24-10/h3-4,7-10H,5-6H2,1-2H3/b4-3+. The maximum absolute atomic E-state index is 11.7. The summed E-state index contributed by atoms with van der Waals surface area (Å²) in [5, 5.41) is 0. The lowest BCUT2D eigenvalue weighted by molar-refractivity contribution is -0.155. The summed E-state index contributed by atoms with van der Waals surface area (Å²) in [6, 6.07) is 0. The van der Waals surface area contributed by atoms with Crippen molar-refractivity contribution in [2.75, 3.05) is 13.2 Å². The van der Waals surface area contributed by atoms with Crippen LogP contribution in [0.4, 0.5) is 9.59 Å². The highest BCUT2D eigenvalue weighted by Crippen LogP contribution is 2.11. The number of hydrogen-bond acceptors (Lipinski definition) is 10. The van der Waals surface area contributed by atoms with Gasteiger partial charge in [-0.3, -0.25) is 0 Å². The summed E-state index contributed by atoms with van der Waals surface area (Å²) in [5.74, 6) is -1.48. The Hall–Kier alpha value is -2.78. The molecule has 0 bridgehead atoms. The van der Waals surface area contributed by atoms with Gasteiger partial charge in [-0.25, -0.2) is 19.2 Å². The Morgan fingerprint density at radius 3 is 1.58 bits per heavy atom. The van der Waals surface area contributed by atoms with E-state index in [0.29, 0.717) is 0 Å². The molecule has 10 nitrogen and oxygen atoms in total. The first kappa shape index (κ1) is 17.6. The Morgan fingerprint density at radius 2 is 1.29 bits per heavy atom. The number of carbonyl (C=O) groups is 4. The molecule has 0 aromatic carbocycles. The number of hydrogen-bond donors (Lipinski definition) is 0. The minimum Gasteiger partial charge on any atom is -0.456 e. The lowest BCUT2D eigenvalue weighted by atomic mass is 10.3. The predicted octanol–water partition coefficient (Wildman–Crippen LogP) is 0.477. The highest BCUT2D eigenvalue weighted by molar-refractivity contribution is 5.80. The van der Waals surface area contributed by atoms with Crippen LogP contribution in [0.15, 0.2) is 12.2 Å². The van der Waals surface area contributed by atoms with Gasteiger partial charge in [-0.1, -0.05) is 0 Å². The van der Waals surface area contributed by atoms with Gasteiger partial charge in [0.05, 0.1) is 0 Å². The van der Waals surface area contributed by atoms with Crippen LogP contribution in [-0.4, -0.2) is 61.9 Å². The van der Waals surface area contributed by atoms with Crippen LogP contribution in [0.25, 0.3) is 0 Å². The molecule has 4 unspecified atom stereocenters. The normalized spacial score (nSPS) is 25.2. The smallest absolute Gasteiger partial charge is 0.456 e. The molecule has 0 aliphatic carbocycles. The van der Waals surface area contributed by atoms with E-state index in [2.05, 4.69) is 18.9 Å². The van der Waals surface area contributed by atoms with Crippen molar-refractivity contribution in [3.8, 4) is 0 Å². The highest BCUT2D eigenvalue weighted by atomic mass is 16.8. The fraction of sp³-hybridized carbons (Fsp3) is 0.571. The molecule has 2 saturated heterocycles. The van der Waals surface area contributed by atoms with Crippen molar-refractivity contribution in [2.24, 2.45) is 0 Å². The van der Waals surface area contributed by atoms with E-state index >= 15 is 0 Å². The third kappa shape index (κ3) is 4.86. The first-order valence-electron chi connectivity index (χ1n) is 7.11. The third-order valence-corrected chi connectivity index (χ3v) is 2.97. The molecule has 0 aromatic rings. The molecule has 0 saturated carbocycles. The first-order chi connectivity index (χ1) is 11.3. The van der Waals surface area contributed by atoms with Crippen molar-refractivity contribution in [3.63, 3.8) is 0 Å². The topological polar surface area (TPSA) is 124 Å². The van der Waals surface area contributed by atoms with Gasteiger partial charge in [-0.05, 0) is 26.0 Å². The average Bonchev–Trinajstić information content (AvgIpc) is 3.14. The van der Waals surface area contributed by atoms with Gasteiger partial charge in [0.25, 0.3) is 0 Å². The van der Waals surface area contributed by atoms with Crippen LogP contribution in [0.1, 0.15) is 13.8 Å². The lowest BCUT2D eigenvalue weighted by Crippen LogP contribution is -2.29. The van der Waals surface area contributed by atoms with Gasteiger partial charge in [0.1, 0.15) is 25.4 Å². The van der Waals surface area contributed by atoms with Gasteiger partial charge in [0, 0.05) is 0 Å². The van der Waals surface area contributed by atoms with E-state index < -0.39 is 48.7 Å². The number of cyclic esters (lactones) is 4. The summed E-state index contributed by atoms with van der Waals surface area (Å²) < 4.78 is 28.2. The van der Waals surface area contributed by atoms with Crippen LogP contribution < -0.4 is 0 Å². The molecule has 2 aliphatic heterocycles. The summed E-state index contributed by atoms with van der Waals surface area (Å²) in [6.45, 7) is 2.77. The van der Waals surface area contributed by atoms with Crippen LogP contribution in [0.5, 0.6) is 0 Å². The molecule has 4 atom stereocenters. The van der Waals surface area contributed by atoms with E-state index in [-0.39, 0.29) is 13.2 Å². The van der Waals surface area contributed by atoms with E-state index in [1.165, 1.54) is 12.2 Å². The Bertz CT molecular complexity index is 506. The Kier molecular flexibility index (Phi) is 5.61. The molecule has 10 heteroatoms. The largest absolute Gasteiger partial charge is 0.509 e. The molecule has 0 radical (unpaired) electrons.